The Labute approximate surface area is 122 Å². The van der Waals surface area contributed by atoms with E-state index in [0.717, 1.165) is 11.7 Å². The molecule has 1 atom stereocenters. The van der Waals surface area contributed by atoms with Gasteiger partial charge in [-0.1, -0.05) is 19.9 Å². The zero-order chi connectivity index (χ0) is 13.9. The van der Waals surface area contributed by atoms with Gasteiger partial charge in [0.25, 0.3) is 0 Å². The third-order valence-corrected chi connectivity index (χ3v) is 4.59. The smallest absolute Gasteiger partial charge is 0.126 e. The average Bonchev–Trinajstić information content (AvgIpc) is 2.82. The Kier molecular flexibility index (Phi) is 4.25. The van der Waals surface area contributed by atoms with Crippen molar-refractivity contribution in [1.29, 1.82) is 0 Å². The maximum Gasteiger partial charge on any atom is 0.126 e. The van der Waals surface area contributed by atoms with E-state index in [9.17, 15) is 0 Å². The molecule has 0 radical (unpaired) electrons. The first-order valence-electron chi connectivity index (χ1n) is 8.19. The summed E-state index contributed by atoms with van der Waals surface area (Å²) in [5, 5.41) is 3.51. The Bertz CT molecular complexity index is 422. The number of hydrogen-bond acceptors (Lipinski definition) is 3. The van der Waals surface area contributed by atoms with Gasteiger partial charge in [-0.3, -0.25) is 4.90 Å². The standard InChI is InChI=1S/C17H27N3/c1-13(2)12-20-10-4-7-16(20)14-8-9-17(18-11-14)19-15-5-3-6-15/h8-9,11,13,15-16H,3-7,10,12H2,1-2H3,(H,18,19). The van der Waals surface area contributed by atoms with Crippen LogP contribution in [0.2, 0.25) is 0 Å². The summed E-state index contributed by atoms with van der Waals surface area (Å²) in [6.07, 6.45) is 8.65. The number of rotatable bonds is 5. The maximum absolute atomic E-state index is 4.62. The van der Waals surface area contributed by atoms with Crippen LogP contribution < -0.4 is 5.32 Å². The number of anilines is 1. The molecule has 1 saturated carbocycles. The molecule has 1 aliphatic carbocycles. The minimum Gasteiger partial charge on any atom is -0.367 e. The number of likely N-dealkylation sites (tertiary alicyclic amines) is 1. The van der Waals surface area contributed by atoms with Crippen molar-refractivity contribution < 1.29 is 0 Å². The molecule has 1 aromatic heterocycles. The number of nitrogens with zero attached hydrogens (tertiary/aromatic N) is 2. The van der Waals surface area contributed by atoms with Crippen LogP contribution in [0, 0.1) is 5.92 Å². The highest BCUT2D eigenvalue weighted by atomic mass is 15.2. The van der Waals surface area contributed by atoms with Gasteiger partial charge in [0.2, 0.25) is 0 Å². The lowest BCUT2D eigenvalue weighted by Gasteiger charge is -2.28. The highest BCUT2D eigenvalue weighted by molar-refractivity contribution is 5.38. The van der Waals surface area contributed by atoms with Gasteiger partial charge in [0.1, 0.15) is 5.82 Å². The second kappa shape index (κ2) is 6.13. The lowest BCUT2D eigenvalue weighted by molar-refractivity contribution is 0.228. The molecular formula is C17H27N3. The molecule has 110 valence electrons. The average molecular weight is 273 g/mol. The monoisotopic (exact) mass is 273 g/mol. The molecule has 2 heterocycles. The fourth-order valence-electron chi connectivity index (χ4n) is 3.34. The van der Waals surface area contributed by atoms with Gasteiger partial charge in [0.05, 0.1) is 0 Å². The largest absolute Gasteiger partial charge is 0.367 e. The normalized spacial score (nSPS) is 24.1. The molecule has 0 aromatic carbocycles. The van der Waals surface area contributed by atoms with E-state index in [2.05, 4.69) is 47.4 Å². The topological polar surface area (TPSA) is 28.2 Å². The summed E-state index contributed by atoms with van der Waals surface area (Å²) in [4.78, 5) is 7.25. The van der Waals surface area contributed by atoms with Gasteiger partial charge in [-0.05, 0) is 56.2 Å². The van der Waals surface area contributed by atoms with Gasteiger partial charge < -0.3 is 5.32 Å². The predicted octanol–water partition coefficient (Wildman–Crippen LogP) is 3.84. The quantitative estimate of drug-likeness (QED) is 0.883. The van der Waals surface area contributed by atoms with Gasteiger partial charge >= 0.3 is 0 Å². The summed E-state index contributed by atoms with van der Waals surface area (Å²) in [6.45, 7) is 7.05. The summed E-state index contributed by atoms with van der Waals surface area (Å²) in [5.41, 5.74) is 1.39. The van der Waals surface area contributed by atoms with Gasteiger partial charge in [0, 0.05) is 24.8 Å². The first-order chi connectivity index (χ1) is 9.72. The van der Waals surface area contributed by atoms with Crippen LogP contribution in [-0.2, 0) is 0 Å². The summed E-state index contributed by atoms with van der Waals surface area (Å²) >= 11 is 0. The molecule has 20 heavy (non-hydrogen) atoms. The molecule has 1 aliphatic heterocycles. The van der Waals surface area contributed by atoms with Crippen LogP contribution in [-0.4, -0.2) is 29.0 Å². The number of nitrogens with one attached hydrogen (secondary N) is 1. The Morgan fingerprint density at radius 2 is 2.10 bits per heavy atom. The van der Waals surface area contributed by atoms with Crippen LogP contribution in [0.25, 0.3) is 0 Å². The molecule has 3 rings (SSSR count). The fraction of sp³-hybridized carbons (Fsp3) is 0.706. The molecule has 1 N–H and O–H groups in total. The van der Waals surface area contributed by atoms with Crippen molar-refractivity contribution in [1.82, 2.24) is 9.88 Å². The van der Waals surface area contributed by atoms with Crippen molar-refractivity contribution >= 4 is 5.82 Å². The first-order valence-corrected chi connectivity index (χ1v) is 8.19. The van der Waals surface area contributed by atoms with Crippen molar-refractivity contribution in [2.45, 2.75) is 58.0 Å². The highest BCUT2D eigenvalue weighted by Crippen LogP contribution is 2.32. The van der Waals surface area contributed by atoms with Gasteiger partial charge in [-0.2, -0.15) is 0 Å². The van der Waals surface area contributed by atoms with Crippen LogP contribution in [0.5, 0.6) is 0 Å². The van der Waals surface area contributed by atoms with Crippen molar-refractivity contribution in [2.75, 3.05) is 18.4 Å². The summed E-state index contributed by atoms with van der Waals surface area (Å²) < 4.78 is 0. The van der Waals surface area contributed by atoms with Crippen LogP contribution >= 0.6 is 0 Å². The predicted molar refractivity (Wildman–Crippen MR) is 83.9 cm³/mol. The molecule has 1 unspecified atom stereocenters. The second-order valence-electron chi connectivity index (χ2n) is 6.80. The minimum atomic E-state index is 0.586. The van der Waals surface area contributed by atoms with E-state index in [1.807, 2.05) is 0 Å². The minimum absolute atomic E-state index is 0.586. The van der Waals surface area contributed by atoms with Crippen molar-refractivity contribution in [3.8, 4) is 0 Å². The SMILES string of the molecule is CC(C)CN1CCCC1c1ccc(NC2CCC2)nc1. The lowest BCUT2D eigenvalue weighted by atomic mass is 9.93. The number of aromatic nitrogens is 1. The number of pyridine rings is 1. The van der Waals surface area contributed by atoms with Gasteiger partial charge in [-0.15, -0.1) is 0 Å². The van der Waals surface area contributed by atoms with E-state index >= 15 is 0 Å². The zero-order valence-electron chi connectivity index (χ0n) is 12.8. The Balaban J connectivity index is 1.63. The molecule has 0 amide bonds. The van der Waals surface area contributed by atoms with E-state index in [0.29, 0.717) is 12.1 Å². The van der Waals surface area contributed by atoms with Crippen molar-refractivity contribution in [3.63, 3.8) is 0 Å². The summed E-state index contributed by atoms with van der Waals surface area (Å²) in [5.74, 6) is 1.79. The van der Waals surface area contributed by atoms with Gasteiger partial charge in [0.15, 0.2) is 0 Å². The molecule has 0 spiro atoms. The zero-order valence-corrected chi connectivity index (χ0v) is 12.8. The summed E-state index contributed by atoms with van der Waals surface area (Å²) in [6, 6.07) is 5.69. The molecule has 2 aliphatic rings. The molecule has 0 bridgehead atoms. The van der Waals surface area contributed by atoms with Crippen LogP contribution in [0.4, 0.5) is 5.82 Å². The molecule has 1 saturated heterocycles. The van der Waals surface area contributed by atoms with E-state index in [4.69, 9.17) is 0 Å². The first kappa shape index (κ1) is 13.9. The number of hydrogen-bond donors (Lipinski definition) is 1. The highest BCUT2D eigenvalue weighted by Gasteiger charge is 2.26. The molecule has 1 aromatic rings. The van der Waals surface area contributed by atoms with Gasteiger partial charge in [-0.25, -0.2) is 4.98 Å². The Hall–Kier alpha value is -1.09. The Morgan fingerprint density at radius 3 is 2.70 bits per heavy atom. The molecule has 3 nitrogen and oxygen atoms in total. The van der Waals surface area contributed by atoms with Crippen LogP contribution in [0.3, 0.4) is 0 Å². The van der Waals surface area contributed by atoms with E-state index < -0.39 is 0 Å². The van der Waals surface area contributed by atoms with Crippen LogP contribution in [0.1, 0.15) is 57.6 Å². The van der Waals surface area contributed by atoms with Crippen molar-refractivity contribution in [3.05, 3.63) is 23.9 Å². The van der Waals surface area contributed by atoms with E-state index in [-0.39, 0.29) is 0 Å². The third-order valence-electron chi connectivity index (χ3n) is 4.59. The molecular weight excluding hydrogens is 246 g/mol. The van der Waals surface area contributed by atoms with Crippen LogP contribution in [0.15, 0.2) is 18.3 Å². The lowest BCUT2D eigenvalue weighted by Crippen LogP contribution is -2.28. The van der Waals surface area contributed by atoms with E-state index in [1.54, 1.807) is 0 Å². The molecule has 2 fully saturated rings. The Morgan fingerprint density at radius 1 is 1.25 bits per heavy atom. The second-order valence-corrected chi connectivity index (χ2v) is 6.80. The molecule has 3 heteroatoms. The fourth-order valence-corrected chi connectivity index (χ4v) is 3.34. The third kappa shape index (κ3) is 3.14. The maximum atomic E-state index is 4.62. The summed E-state index contributed by atoms with van der Waals surface area (Å²) in [7, 11) is 0. The van der Waals surface area contributed by atoms with Crippen molar-refractivity contribution in [2.24, 2.45) is 5.92 Å². The van der Waals surface area contributed by atoms with E-state index in [1.165, 1.54) is 50.8 Å².